The summed E-state index contributed by atoms with van der Waals surface area (Å²) in [5.74, 6) is -2.83. The van der Waals surface area contributed by atoms with Crippen molar-refractivity contribution in [3.63, 3.8) is 0 Å². The maximum Gasteiger partial charge on any atom is 0.325 e. The molecule has 9 heteroatoms. The number of halogens is 1. The molecule has 0 bridgehead atoms. The molecule has 3 N–H and O–H groups in total. The van der Waals surface area contributed by atoms with E-state index < -0.39 is 33.8 Å². The molecule has 110 valence electrons. The Balaban J connectivity index is 3.00. The Labute approximate surface area is 114 Å². The van der Waals surface area contributed by atoms with E-state index in [-0.39, 0.29) is 11.3 Å². The lowest BCUT2D eigenvalue weighted by atomic mass is 10.1. The molecular formula is C11H13FN2O5S. The van der Waals surface area contributed by atoms with Gasteiger partial charge in [-0.2, -0.15) is 0 Å². The average molecular weight is 304 g/mol. The van der Waals surface area contributed by atoms with E-state index in [4.69, 9.17) is 5.11 Å². The van der Waals surface area contributed by atoms with Gasteiger partial charge in [0, 0.05) is 5.56 Å². The Hall–Kier alpha value is -2.16. The molecule has 1 aromatic rings. The lowest BCUT2D eigenvalue weighted by Crippen LogP contribution is -2.38. The van der Waals surface area contributed by atoms with Gasteiger partial charge in [0.25, 0.3) is 5.91 Å². The van der Waals surface area contributed by atoms with E-state index in [1.165, 1.54) is 6.92 Å². The number of nitrogens with one attached hydrogen (secondary N) is 2. The minimum atomic E-state index is -3.69. The van der Waals surface area contributed by atoms with E-state index in [0.717, 1.165) is 24.5 Å². The van der Waals surface area contributed by atoms with E-state index in [0.29, 0.717) is 0 Å². The minimum absolute atomic E-state index is 0.0642. The maximum absolute atomic E-state index is 13.4. The van der Waals surface area contributed by atoms with Crippen molar-refractivity contribution in [3.05, 3.63) is 29.6 Å². The van der Waals surface area contributed by atoms with Crippen molar-refractivity contribution in [1.29, 1.82) is 0 Å². The van der Waals surface area contributed by atoms with Crippen molar-refractivity contribution in [2.75, 3.05) is 11.0 Å². The van der Waals surface area contributed by atoms with Gasteiger partial charge in [-0.05, 0) is 25.1 Å². The van der Waals surface area contributed by atoms with Crippen LogP contribution in [0.1, 0.15) is 17.3 Å². The lowest BCUT2D eigenvalue weighted by molar-refractivity contribution is -0.138. The molecule has 0 aliphatic carbocycles. The number of carbonyl (C=O) groups is 2. The first-order valence-corrected chi connectivity index (χ1v) is 7.30. The maximum atomic E-state index is 13.4. The molecule has 0 aliphatic rings. The van der Waals surface area contributed by atoms with Gasteiger partial charge in [0.1, 0.15) is 11.9 Å². The largest absolute Gasteiger partial charge is 0.480 e. The summed E-state index contributed by atoms with van der Waals surface area (Å²) >= 11 is 0. The minimum Gasteiger partial charge on any atom is -0.480 e. The molecule has 20 heavy (non-hydrogen) atoms. The Morgan fingerprint density at radius 3 is 2.45 bits per heavy atom. The quantitative estimate of drug-likeness (QED) is 0.729. The molecule has 0 unspecified atom stereocenters. The second-order valence-electron chi connectivity index (χ2n) is 4.10. The Bertz CT molecular complexity index is 644. The van der Waals surface area contributed by atoms with Crippen LogP contribution in [-0.2, 0) is 14.8 Å². The van der Waals surface area contributed by atoms with Crippen LogP contribution >= 0.6 is 0 Å². The summed E-state index contributed by atoms with van der Waals surface area (Å²) in [5.41, 5.74) is -0.450. The number of carboxylic acids is 1. The number of aliphatic carboxylic acids is 1. The Morgan fingerprint density at radius 1 is 1.35 bits per heavy atom. The second kappa shape index (κ2) is 5.87. The lowest BCUT2D eigenvalue weighted by Gasteiger charge is -2.11. The van der Waals surface area contributed by atoms with Crippen LogP contribution in [0.15, 0.2) is 18.2 Å². The topological polar surface area (TPSA) is 113 Å². The molecule has 1 amide bonds. The number of hydrogen-bond donors (Lipinski definition) is 3. The first-order chi connectivity index (χ1) is 9.10. The molecule has 1 aromatic carbocycles. The molecule has 1 atom stereocenters. The number of hydrogen-bond acceptors (Lipinski definition) is 4. The monoisotopic (exact) mass is 304 g/mol. The zero-order chi connectivity index (χ0) is 15.5. The molecule has 7 nitrogen and oxygen atoms in total. The summed E-state index contributed by atoms with van der Waals surface area (Å²) in [6, 6.07) is 1.89. The predicted octanol–water partition coefficient (Wildman–Crippen LogP) is 0.400. The fourth-order valence-electron chi connectivity index (χ4n) is 1.29. The summed E-state index contributed by atoms with van der Waals surface area (Å²) in [6.45, 7) is 1.26. The van der Waals surface area contributed by atoms with Crippen molar-refractivity contribution < 1.29 is 27.5 Å². The Kier molecular flexibility index (Phi) is 4.66. The van der Waals surface area contributed by atoms with Crippen molar-refractivity contribution in [2.45, 2.75) is 13.0 Å². The summed E-state index contributed by atoms with van der Waals surface area (Å²) < 4.78 is 37.4. The van der Waals surface area contributed by atoms with Crippen molar-refractivity contribution in [2.24, 2.45) is 0 Å². The normalized spacial score (nSPS) is 12.6. The van der Waals surface area contributed by atoms with E-state index in [2.05, 4.69) is 5.32 Å². The van der Waals surface area contributed by atoms with Gasteiger partial charge in [0.05, 0.1) is 11.9 Å². The van der Waals surface area contributed by atoms with Gasteiger partial charge >= 0.3 is 5.97 Å². The third-order valence-corrected chi connectivity index (χ3v) is 2.83. The summed E-state index contributed by atoms with van der Waals surface area (Å²) in [5, 5.41) is 10.8. The molecule has 0 fully saturated rings. The number of amides is 1. The zero-order valence-electron chi connectivity index (χ0n) is 10.7. The second-order valence-corrected chi connectivity index (χ2v) is 5.85. The molecular weight excluding hydrogens is 291 g/mol. The first kappa shape index (κ1) is 15.9. The third-order valence-electron chi connectivity index (χ3n) is 2.24. The SMILES string of the molecule is C[C@@H](NC(=O)c1ccc(F)c(NS(C)(=O)=O)c1)C(=O)O. The number of sulfonamides is 1. The molecule has 0 radical (unpaired) electrons. The number of anilines is 1. The highest BCUT2D eigenvalue weighted by Gasteiger charge is 2.17. The highest BCUT2D eigenvalue weighted by molar-refractivity contribution is 7.92. The van der Waals surface area contributed by atoms with Crippen LogP contribution in [0.4, 0.5) is 10.1 Å². The van der Waals surface area contributed by atoms with Crippen LogP contribution in [0.5, 0.6) is 0 Å². The number of benzene rings is 1. The molecule has 0 spiro atoms. The van der Waals surface area contributed by atoms with Crippen LogP contribution in [0, 0.1) is 5.82 Å². The molecule has 0 saturated heterocycles. The van der Waals surface area contributed by atoms with E-state index >= 15 is 0 Å². The molecule has 0 heterocycles. The standard InChI is InChI=1S/C11H13FN2O5S/c1-6(11(16)17)13-10(15)7-3-4-8(12)9(5-7)14-20(2,18)19/h3-6,14H,1-2H3,(H,13,15)(H,16,17)/t6-/m1/s1. The number of rotatable bonds is 5. The van der Waals surface area contributed by atoms with Crippen LogP contribution in [0.25, 0.3) is 0 Å². The number of carboxylic acid groups (broad SMARTS) is 1. The van der Waals surface area contributed by atoms with E-state index in [1.54, 1.807) is 0 Å². The fourth-order valence-corrected chi connectivity index (χ4v) is 1.84. The van der Waals surface area contributed by atoms with Crippen molar-refractivity contribution in [1.82, 2.24) is 5.32 Å². The van der Waals surface area contributed by atoms with Gasteiger partial charge in [-0.1, -0.05) is 0 Å². The molecule has 0 aromatic heterocycles. The molecule has 1 rings (SSSR count). The van der Waals surface area contributed by atoms with Crippen molar-refractivity contribution >= 4 is 27.6 Å². The smallest absolute Gasteiger partial charge is 0.325 e. The summed E-state index contributed by atoms with van der Waals surface area (Å²) in [4.78, 5) is 22.3. The fraction of sp³-hybridized carbons (Fsp3) is 0.273. The molecule has 0 aliphatic heterocycles. The van der Waals surface area contributed by atoms with Gasteiger partial charge in [0.2, 0.25) is 10.0 Å². The van der Waals surface area contributed by atoms with Crippen molar-refractivity contribution in [3.8, 4) is 0 Å². The van der Waals surface area contributed by atoms with Gasteiger partial charge in [-0.15, -0.1) is 0 Å². The van der Waals surface area contributed by atoms with Crippen LogP contribution in [-0.4, -0.2) is 37.7 Å². The van der Waals surface area contributed by atoms with Gasteiger partial charge in [-0.3, -0.25) is 14.3 Å². The van der Waals surface area contributed by atoms with Crippen LogP contribution in [0.2, 0.25) is 0 Å². The third kappa shape index (κ3) is 4.50. The zero-order valence-corrected chi connectivity index (χ0v) is 11.5. The van der Waals surface area contributed by atoms with Crippen LogP contribution < -0.4 is 10.0 Å². The van der Waals surface area contributed by atoms with Gasteiger partial charge in [0.15, 0.2) is 0 Å². The predicted molar refractivity (Wildman–Crippen MR) is 69.4 cm³/mol. The Morgan fingerprint density at radius 2 is 1.95 bits per heavy atom. The number of carbonyl (C=O) groups excluding carboxylic acids is 1. The molecule has 0 saturated carbocycles. The average Bonchev–Trinajstić information content (AvgIpc) is 2.29. The van der Waals surface area contributed by atoms with E-state index in [1.807, 2.05) is 4.72 Å². The summed E-state index contributed by atoms with van der Waals surface area (Å²) in [7, 11) is -3.69. The first-order valence-electron chi connectivity index (χ1n) is 5.41. The van der Waals surface area contributed by atoms with Gasteiger partial charge < -0.3 is 10.4 Å². The van der Waals surface area contributed by atoms with Gasteiger partial charge in [-0.25, -0.2) is 12.8 Å². The highest BCUT2D eigenvalue weighted by atomic mass is 32.2. The van der Waals surface area contributed by atoms with Crippen LogP contribution in [0.3, 0.4) is 0 Å². The van der Waals surface area contributed by atoms with E-state index in [9.17, 15) is 22.4 Å². The highest BCUT2D eigenvalue weighted by Crippen LogP contribution is 2.17. The summed E-state index contributed by atoms with van der Waals surface area (Å²) in [6.07, 6.45) is 0.839.